The van der Waals surface area contributed by atoms with Crippen molar-refractivity contribution < 1.29 is 0 Å². The van der Waals surface area contributed by atoms with Crippen molar-refractivity contribution in [3.05, 3.63) is 42.2 Å². The molecule has 4 heteroatoms. The van der Waals surface area contributed by atoms with E-state index in [0.717, 1.165) is 23.5 Å². The molecule has 0 bridgehead atoms. The molecular weight excluding hydrogens is 236 g/mol. The summed E-state index contributed by atoms with van der Waals surface area (Å²) in [4.78, 5) is 9.19. The number of nitrogens with one attached hydrogen (secondary N) is 1. The van der Waals surface area contributed by atoms with Crippen LogP contribution in [0.1, 0.15) is 32.0 Å². The predicted molar refractivity (Wildman–Crippen MR) is 76.4 cm³/mol. The van der Waals surface area contributed by atoms with Crippen molar-refractivity contribution >= 4 is 5.82 Å². The summed E-state index contributed by atoms with van der Waals surface area (Å²) >= 11 is 0. The fourth-order valence-electron chi connectivity index (χ4n) is 2.36. The number of anilines is 1. The summed E-state index contributed by atoms with van der Waals surface area (Å²) in [5.41, 5.74) is 4.95. The summed E-state index contributed by atoms with van der Waals surface area (Å²) in [6, 6.07) is 12.0. The van der Waals surface area contributed by atoms with Gasteiger partial charge in [-0.2, -0.15) is 0 Å². The number of hydrazine groups is 1. The summed E-state index contributed by atoms with van der Waals surface area (Å²) in [7, 11) is 0. The monoisotopic (exact) mass is 254 g/mol. The topological polar surface area (TPSA) is 63.8 Å². The summed E-state index contributed by atoms with van der Waals surface area (Å²) in [6.45, 7) is 4.48. The van der Waals surface area contributed by atoms with Crippen molar-refractivity contribution in [2.24, 2.45) is 11.3 Å². The van der Waals surface area contributed by atoms with Crippen LogP contribution in [-0.2, 0) is 0 Å². The molecule has 1 aromatic carbocycles. The van der Waals surface area contributed by atoms with E-state index in [-0.39, 0.29) is 0 Å². The standard InChI is InChI=1S/C15H18N4/c1-15(2)9-11(15)14-17-12(8-13(18-14)19-16)10-6-4-3-5-7-10/h3-8,11H,9,16H2,1-2H3,(H,17,18,19). The third-order valence-corrected chi connectivity index (χ3v) is 3.79. The minimum Gasteiger partial charge on any atom is -0.308 e. The van der Waals surface area contributed by atoms with E-state index in [1.807, 2.05) is 36.4 Å². The maximum absolute atomic E-state index is 5.51. The van der Waals surface area contributed by atoms with Gasteiger partial charge in [-0.25, -0.2) is 15.8 Å². The molecule has 0 saturated heterocycles. The van der Waals surface area contributed by atoms with E-state index >= 15 is 0 Å². The van der Waals surface area contributed by atoms with E-state index in [4.69, 9.17) is 10.8 Å². The Bertz CT molecular complexity index is 592. The fourth-order valence-corrected chi connectivity index (χ4v) is 2.36. The third-order valence-electron chi connectivity index (χ3n) is 3.79. The van der Waals surface area contributed by atoms with Gasteiger partial charge in [0, 0.05) is 17.5 Å². The van der Waals surface area contributed by atoms with Crippen LogP contribution in [0.3, 0.4) is 0 Å². The van der Waals surface area contributed by atoms with Gasteiger partial charge < -0.3 is 5.43 Å². The Kier molecular flexibility index (Phi) is 2.75. The second kappa shape index (κ2) is 4.31. The van der Waals surface area contributed by atoms with Gasteiger partial charge in [-0.1, -0.05) is 44.2 Å². The molecular formula is C15H18N4. The normalized spacial score (nSPS) is 20.1. The molecule has 0 aliphatic heterocycles. The van der Waals surface area contributed by atoms with Gasteiger partial charge in [-0.3, -0.25) is 0 Å². The minimum atomic E-state index is 0.307. The molecule has 0 spiro atoms. The number of benzene rings is 1. The highest BCUT2D eigenvalue weighted by molar-refractivity contribution is 5.62. The molecule has 1 unspecified atom stereocenters. The van der Waals surface area contributed by atoms with Crippen molar-refractivity contribution in [3.8, 4) is 11.3 Å². The molecule has 2 aromatic rings. The van der Waals surface area contributed by atoms with Gasteiger partial charge in [0.25, 0.3) is 0 Å². The first-order valence-electron chi connectivity index (χ1n) is 6.51. The van der Waals surface area contributed by atoms with Crippen LogP contribution in [0.2, 0.25) is 0 Å². The van der Waals surface area contributed by atoms with Crippen molar-refractivity contribution in [1.29, 1.82) is 0 Å². The second-order valence-electron chi connectivity index (χ2n) is 5.75. The van der Waals surface area contributed by atoms with Crippen LogP contribution in [0.4, 0.5) is 5.82 Å². The highest BCUT2D eigenvalue weighted by Gasteiger charge is 2.48. The molecule has 1 aromatic heterocycles. The molecule has 0 amide bonds. The van der Waals surface area contributed by atoms with Gasteiger partial charge in [0.15, 0.2) is 0 Å². The van der Waals surface area contributed by atoms with Gasteiger partial charge in [0.05, 0.1) is 5.69 Å². The lowest BCUT2D eigenvalue weighted by molar-refractivity contribution is 0.609. The molecule has 1 fully saturated rings. The van der Waals surface area contributed by atoms with Crippen molar-refractivity contribution in [1.82, 2.24) is 9.97 Å². The number of hydrogen-bond donors (Lipinski definition) is 2. The first kappa shape index (κ1) is 12.1. The quantitative estimate of drug-likeness (QED) is 0.653. The van der Waals surface area contributed by atoms with E-state index < -0.39 is 0 Å². The minimum absolute atomic E-state index is 0.307. The Morgan fingerprint density at radius 1 is 1.21 bits per heavy atom. The smallest absolute Gasteiger partial charge is 0.144 e. The van der Waals surface area contributed by atoms with E-state index in [1.165, 1.54) is 0 Å². The van der Waals surface area contributed by atoms with Crippen molar-refractivity contribution in [2.45, 2.75) is 26.2 Å². The molecule has 4 nitrogen and oxygen atoms in total. The third kappa shape index (κ3) is 2.31. The number of nitrogens with two attached hydrogens (primary N) is 1. The lowest BCUT2D eigenvalue weighted by Gasteiger charge is -2.09. The van der Waals surface area contributed by atoms with Crippen LogP contribution < -0.4 is 11.3 Å². The number of nitrogen functional groups attached to an aromatic ring is 1. The number of rotatable bonds is 3. The first-order chi connectivity index (χ1) is 9.10. The zero-order valence-electron chi connectivity index (χ0n) is 11.2. The molecule has 1 saturated carbocycles. The van der Waals surface area contributed by atoms with Crippen LogP contribution >= 0.6 is 0 Å². The highest BCUT2D eigenvalue weighted by Crippen LogP contribution is 2.57. The summed E-state index contributed by atoms with van der Waals surface area (Å²) in [6.07, 6.45) is 1.13. The zero-order chi connectivity index (χ0) is 13.5. The summed E-state index contributed by atoms with van der Waals surface area (Å²) in [5.74, 6) is 7.51. The van der Waals surface area contributed by atoms with Gasteiger partial charge in [0.2, 0.25) is 0 Å². The van der Waals surface area contributed by atoms with E-state index in [0.29, 0.717) is 17.2 Å². The maximum atomic E-state index is 5.51. The van der Waals surface area contributed by atoms with Crippen LogP contribution in [0.5, 0.6) is 0 Å². The zero-order valence-corrected chi connectivity index (χ0v) is 11.2. The van der Waals surface area contributed by atoms with Crippen molar-refractivity contribution in [2.75, 3.05) is 5.43 Å². The second-order valence-corrected chi connectivity index (χ2v) is 5.75. The molecule has 1 aliphatic carbocycles. The SMILES string of the molecule is CC1(C)CC1c1nc(NN)cc(-c2ccccc2)n1. The van der Waals surface area contributed by atoms with Crippen LogP contribution in [0.15, 0.2) is 36.4 Å². The molecule has 1 heterocycles. The Morgan fingerprint density at radius 3 is 2.47 bits per heavy atom. The van der Waals surface area contributed by atoms with Crippen LogP contribution in [0, 0.1) is 5.41 Å². The Balaban J connectivity index is 2.04. The van der Waals surface area contributed by atoms with E-state index in [1.54, 1.807) is 0 Å². The molecule has 3 N–H and O–H groups in total. The number of nitrogens with zero attached hydrogens (tertiary/aromatic N) is 2. The first-order valence-corrected chi connectivity index (χ1v) is 6.51. The Morgan fingerprint density at radius 2 is 1.89 bits per heavy atom. The average molecular weight is 254 g/mol. The summed E-state index contributed by atoms with van der Waals surface area (Å²) < 4.78 is 0. The maximum Gasteiger partial charge on any atom is 0.144 e. The molecule has 19 heavy (non-hydrogen) atoms. The van der Waals surface area contributed by atoms with Gasteiger partial charge in [0.1, 0.15) is 11.6 Å². The molecule has 1 atom stereocenters. The van der Waals surface area contributed by atoms with Crippen LogP contribution in [-0.4, -0.2) is 9.97 Å². The van der Waals surface area contributed by atoms with E-state index in [9.17, 15) is 0 Å². The Labute approximate surface area is 113 Å². The lowest BCUT2D eigenvalue weighted by Crippen LogP contribution is -2.11. The molecule has 0 radical (unpaired) electrons. The largest absolute Gasteiger partial charge is 0.308 e. The lowest BCUT2D eigenvalue weighted by atomic mass is 10.1. The summed E-state index contributed by atoms with van der Waals surface area (Å²) in [5, 5.41) is 0. The molecule has 3 rings (SSSR count). The van der Waals surface area contributed by atoms with E-state index in [2.05, 4.69) is 24.3 Å². The van der Waals surface area contributed by atoms with Gasteiger partial charge in [-0.15, -0.1) is 0 Å². The van der Waals surface area contributed by atoms with Crippen LogP contribution in [0.25, 0.3) is 11.3 Å². The van der Waals surface area contributed by atoms with Crippen molar-refractivity contribution in [3.63, 3.8) is 0 Å². The number of hydrogen-bond acceptors (Lipinski definition) is 4. The Hall–Kier alpha value is -1.94. The molecule has 1 aliphatic rings. The van der Waals surface area contributed by atoms with Gasteiger partial charge in [-0.05, 0) is 11.8 Å². The predicted octanol–water partition coefficient (Wildman–Crippen LogP) is 2.94. The van der Waals surface area contributed by atoms with Gasteiger partial charge >= 0.3 is 0 Å². The number of aromatic nitrogens is 2. The highest BCUT2D eigenvalue weighted by atomic mass is 15.3. The molecule has 98 valence electrons. The fraction of sp³-hybridized carbons (Fsp3) is 0.333. The average Bonchev–Trinajstić information content (AvgIpc) is 3.08.